The molecule has 1 aliphatic rings. The molecule has 0 aliphatic carbocycles. The van der Waals surface area contributed by atoms with Crippen molar-refractivity contribution in [2.45, 2.75) is 34.6 Å². The summed E-state index contributed by atoms with van der Waals surface area (Å²) in [6.45, 7) is 9.22. The second kappa shape index (κ2) is 7.21. The summed E-state index contributed by atoms with van der Waals surface area (Å²) in [5.74, 6) is -0.467. The predicted molar refractivity (Wildman–Crippen MR) is 90.8 cm³/mol. The Morgan fingerprint density at radius 2 is 0.955 bits per heavy atom. The lowest BCUT2D eigenvalue weighted by atomic mass is 9.63. The Bertz CT molecular complexity index is 506. The molecular formula is C19H25NO2. The van der Waals surface area contributed by atoms with Crippen LogP contribution in [-0.4, -0.2) is 16.7 Å². The monoisotopic (exact) mass is 299 g/mol. The second-order valence-corrected chi connectivity index (χ2v) is 5.20. The lowest BCUT2D eigenvalue weighted by Crippen LogP contribution is -2.39. The standard InChI is InChI=1S/C19H25NO2/c1-6-11-18(12-7-2)16(21)20(15-10-5)17(22)19(18,13-8-3)14-9-4/h6-15H,1-5H3. The fourth-order valence-corrected chi connectivity index (χ4v) is 3.13. The van der Waals surface area contributed by atoms with Crippen molar-refractivity contribution < 1.29 is 9.59 Å². The van der Waals surface area contributed by atoms with Gasteiger partial charge in [0.05, 0.1) is 0 Å². The number of rotatable bonds is 5. The first-order chi connectivity index (χ1) is 10.5. The Balaban J connectivity index is 3.85. The van der Waals surface area contributed by atoms with E-state index in [2.05, 4.69) is 0 Å². The summed E-state index contributed by atoms with van der Waals surface area (Å²) in [6.07, 6.45) is 17.8. The van der Waals surface area contributed by atoms with Gasteiger partial charge in [0.1, 0.15) is 10.8 Å². The molecule has 0 aromatic heterocycles. The number of nitrogens with zero attached hydrogens (tertiary/aromatic N) is 1. The molecule has 1 heterocycles. The quantitative estimate of drug-likeness (QED) is 0.564. The second-order valence-electron chi connectivity index (χ2n) is 5.20. The normalized spacial score (nSPS) is 30.5. The van der Waals surface area contributed by atoms with Gasteiger partial charge in [0.2, 0.25) is 11.8 Å². The minimum atomic E-state index is -1.04. The molecule has 1 fully saturated rings. The van der Waals surface area contributed by atoms with E-state index < -0.39 is 10.8 Å². The van der Waals surface area contributed by atoms with Gasteiger partial charge < -0.3 is 0 Å². The van der Waals surface area contributed by atoms with Gasteiger partial charge >= 0.3 is 0 Å². The lowest BCUT2D eigenvalue weighted by molar-refractivity contribution is -0.137. The van der Waals surface area contributed by atoms with E-state index in [4.69, 9.17) is 0 Å². The minimum absolute atomic E-state index is 0.233. The summed E-state index contributed by atoms with van der Waals surface area (Å²) in [7, 11) is 0. The summed E-state index contributed by atoms with van der Waals surface area (Å²) in [4.78, 5) is 27.3. The third-order valence-corrected chi connectivity index (χ3v) is 3.85. The summed E-state index contributed by atoms with van der Waals surface area (Å²) in [5.41, 5.74) is -2.07. The van der Waals surface area contributed by atoms with Crippen LogP contribution in [0.4, 0.5) is 0 Å². The van der Waals surface area contributed by atoms with Crippen LogP contribution < -0.4 is 0 Å². The molecular weight excluding hydrogens is 274 g/mol. The minimum Gasteiger partial charge on any atom is -0.273 e. The Morgan fingerprint density at radius 3 is 1.18 bits per heavy atom. The molecule has 0 aromatic rings. The van der Waals surface area contributed by atoms with Crippen LogP contribution in [-0.2, 0) is 9.59 Å². The van der Waals surface area contributed by atoms with Crippen LogP contribution in [0.15, 0.2) is 60.9 Å². The lowest BCUT2D eigenvalue weighted by Gasteiger charge is -2.33. The highest BCUT2D eigenvalue weighted by atomic mass is 16.2. The van der Waals surface area contributed by atoms with Crippen molar-refractivity contribution in [3.63, 3.8) is 0 Å². The summed E-state index contributed by atoms with van der Waals surface area (Å²) in [6, 6.07) is 0. The zero-order valence-electron chi connectivity index (χ0n) is 14.0. The zero-order valence-corrected chi connectivity index (χ0v) is 14.0. The van der Waals surface area contributed by atoms with Crippen molar-refractivity contribution >= 4 is 11.8 Å². The molecule has 22 heavy (non-hydrogen) atoms. The van der Waals surface area contributed by atoms with Gasteiger partial charge in [-0.1, -0.05) is 54.7 Å². The van der Waals surface area contributed by atoms with Gasteiger partial charge in [-0.25, -0.2) is 0 Å². The van der Waals surface area contributed by atoms with Crippen molar-refractivity contribution in [3.05, 3.63) is 60.9 Å². The van der Waals surface area contributed by atoms with Crippen LogP contribution in [0.3, 0.4) is 0 Å². The van der Waals surface area contributed by atoms with Crippen LogP contribution in [0, 0.1) is 10.8 Å². The van der Waals surface area contributed by atoms with Crippen molar-refractivity contribution in [1.82, 2.24) is 4.90 Å². The molecule has 0 radical (unpaired) electrons. The van der Waals surface area contributed by atoms with Gasteiger partial charge in [-0.2, -0.15) is 0 Å². The third kappa shape index (κ3) is 2.41. The molecule has 0 aromatic carbocycles. The van der Waals surface area contributed by atoms with E-state index >= 15 is 0 Å². The van der Waals surface area contributed by atoms with E-state index in [0.717, 1.165) is 0 Å². The predicted octanol–water partition coefficient (Wildman–Crippen LogP) is 4.17. The Hall–Kier alpha value is -2.16. The van der Waals surface area contributed by atoms with Gasteiger partial charge in [0.15, 0.2) is 0 Å². The third-order valence-electron chi connectivity index (χ3n) is 3.85. The molecule has 0 saturated carbocycles. The van der Waals surface area contributed by atoms with Crippen molar-refractivity contribution in [3.8, 4) is 0 Å². The van der Waals surface area contributed by atoms with Crippen molar-refractivity contribution in [2.75, 3.05) is 0 Å². The van der Waals surface area contributed by atoms with Crippen LogP contribution >= 0.6 is 0 Å². The molecule has 0 unspecified atom stereocenters. The Kier molecular flexibility index (Phi) is 5.86. The maximum Gasteiger partial charge on any atom is 0.248 e. The molecule has 2 amide bonds. The Labute approximate surface area is 133 Å². The fourth-order valence-electron chi connectivity index (χ4n) is 3.13. The van der Waals surface area contributed by atoms with E-state index in [-0.39, 0.29) is 11.8 Å². The highest BCUT2D eigenvalue weighted by Gasteiger charge is 2.64. The first-order valence-electron chi connectivity index (χ1n) is 7.57. The molecule has 1 saturated heterocycles. The van der Waals surface area contributed by atoms with Crippen molar-refractivity contribution in [2.24, 2.45) is 10.8 Å². The van der Waals surface area contributed by atoms with Crippen LogP contribution in [0.25, 0.3) is 0 Å². The average molecular weight is 299 g/mol. The maximum absolute atomic E-state index is 13.1. The van der Waals surface area contributed by atoms with Crippen LogP contribution in [0.2, 0.25) is 0 Å². The highest BCUT2D eigenvalue weighted by Crippen LogP contribution is 2.53. The van der Waals surface area contributed by atoms with Gasteiger partial charge in [-0.3, -0.25) is 14.5 Å². The summed E-state index contributed by atoms with van der Waals surface area (Å²) in [5, 5.41) is 0. The van der Waals surface area contributed by atoms with E-state index in [9.17, 15) is 9.59 Å². The molecule has 0 atom stereocenters. The number of amides is 2. The van der Waals surface area contributed by atoms with Gasteiger partial charge in [-0.15, -0.1) is 0 Å². The van der Waals surface area contributed by atoms with E-state index in [1.54, 1.807) is 19.2 Å². The molecule has 118 valence electrons. The number of hydrogen-bond donors (Lipinski definition) is 0. The Morgan fingerprint density at radius 1 is 0.636 bits per heavy atom. The number of imide groups is 1. The molecule has 0 N–H and O–H groups in total. The van der Waals surface area contributed by atoms with E-state index in [1.165, 1.54) is 4.90 Å². The molecule has 1 rings (SSSR count). The van der Waals surface area contributed by atoms with E-state index in [1.807, 2.05) is 76.3 Å². The molecule has 0 bridgehead atoms. The SMILES string of the molecule is CC=CN1C(=O)C(C=CC)(C=CC)C(C=CC)(C=CC)C1=O. The van der Waals surface area contributed by atoms with Crippen molar-refractivity contribution in [1.29, 1.82) is 0 Å². The number of likely N-dealkylation sites (tertiary alicyclic amines) is 1. The maximum atomic E-state index is 13.1. The smallest absolute Gasteiger partial charge is 0.248 e. The van der Waals surface area contributed by atoms with Crippen LogP contribution in [0.1, 0.15) is 34.6 Å². The summed E-state index contributed by atoms with van der Waals surface area (Å²) < 4.78 is 0. The number of carbonyl (C=O) groups is 2. The molecule has 3 nitrogen and oxygen atoms in total. The molecule has 1 aliphatic heterocycles. The highest BCUT2D eigenvalue weighted by molar-refractivity contribution is 6.14. The van der Waals surface area contributed by atoms with Gasteiger partial charge in [-0.05, 0) is 34.6 Å². The topological polar surface area (TPSA) is 37.4 Å². The fraction of sp³-hybridized carbons (Fsp3) is 0.368. The summed E-state index contributed by atoms with van der Waals surface area (Å²) >= 11 is 0. The van der Waals surface area contributed by atoms with E-state index in [0.29, 0.717) is 0 Å². The molecule has 3 heteroatoms. The largest absolute Gasteiger partial charge is 0.273 e. The first-order valence-corrected chi connectivity index (χ1v) is 7.57. The first kappa shape index (κ1) is 17.9. The number of hydrogen-bond acceptors (Lipinski definition) is 2. The van der Waals surface area contributed by atoms with Gasteiger partial charge in [0, 0.05) is 6.20 Å². The zero-order chi connectivity index (χ0) is 16.8. The van der Waals surface area contributed by atoms with Crippen LogP contribution in [0.5, 0.6) is 0 Å². The molecule has 0 spiro atoms. The number of carbonyl (C=O) groups excluding carboxylic acids is 2. The number of allylic oxidation sites excluding steroid dienone is 5. The average Bonchev–Trinajstić information content (AvgIpc) is 2.64. The van der Waals surface area contributed by atoms with Gasteiger partial charge in [0.25, 0.3) is 0 Å².